The molecular weight excluding hydrogens is 214 g/mol. The van der Waals surface area contributed by atoms with Gasteiger partial charge >= 0.3 is 0 Å². The Balaban J connectivity index is 1.93. The van der Waals surface area contributed by atoms with Crippen LogP contribution in [0.5, 0.6) is 0 Å². The molecule has 1 aliphatic carbocycles. The van der Waals surface area contributed by atoms with Crippen molar-refractivity contribution >= 4 is 11.5 Å². The molecule has 1 fully saturated rings. The molecule has 0 saturated heterocycles. The Morgan fingerprint density at radius 2 is 2.06 bits per heavy atom. The summed E-state index contributed by atoms with van der Waals surface area (Å²) in [6, 6.07) is 3.71. The number of nitrogen functional groups attached to an aromatic ring is 1. The van der Waals surface area contributed by atoms with Crippen LogP contribution in [-0.4, -0.2) is 23.2 Å². The smallest absolute Gasteiger partial charge is 0.123 e. The summed E-state index contributed by atoms with van der Waals surface area (Å²) in [7, 11) is 0. The van der Waals surface area contributed by atoms with E-state index in [1.54, 1.807) is 12.3 Å². The number of aromatic nitrogens is 1. The van der Waals surface area contributed by atoms with Crippen molar-refractivity contribution in [1.29, 1.82) is 0 Å². The molecule has 4 nitrogen and oxygen atoms in total. The molecular formula is C13H21N3O. The van der Waals surface area contributed by atoms with Crippen molar-refractivity contribution < 1.29 is 5.11 Å². The molecule has 1 aliphatic rings. The number of hydrogen-bond acceptors (Lipinski definition) is 4. The summed E-state index contributed by atoms with van der Waals surface area (Å²) in [5.41, 5.74) is 6.56. The van der Waals surface area contributed by atoms with Crippen LogP contribution < -0.4 is 11.1 Å². The van der Waals surface area contributed by atoms with Crippen LogP contribution in [-0.2, 0) is 0 Å². The van der Waals surface area contributed by atoms with Crippen LogP contribution in [0.2, 0.25) is 0 Å². The first-order valence-corrected chi connectivity index (χ1v) is 6.30. The fraction of sp³-hybridized carbons (Fsp3) is 0.615. The van der Waals surface area contributed by atoms with Crippen LogP contribution in [0.15, 0.2) is 18.3 Å². The Morgan fingerprint density at radius 3 is 2.65 bits per heavy atom. The quantitative estimate of drug-likeness (QED) is 0.746. The first kappa shape index (κ1) is 12.2. The van der Waals surface area contributed by atoms with Gasteiger partial charge in [0, 0.05) is 12.0 Å². The van der Waals surface area contributed by atoms with E-state index in [0.29, 0.717) is 5.82 Å². The Bertz CT molecular complexity index is 344. The van der Waals surface area contributed by atoms with E-state index in [-0.39, 0.29) is 12.0 Å². The fourth-order valence-corrected chi connectivity index (χ4v) is 2.49. The molecule has 0 amide bonds. The van der Waals surface area contributed by atoms with E-state index in [2.05, 4.69) is 10.3 Å². The van der Waals surface area contributed by atoms with Gasteiger partial charge in [-0.05, 0) is 25.0 Å². The normalized spacial score (nSPS) is 18.9. The highest BCUT2D eigenvalue weighted by Gasteiger charge is 2.30. The maximum absolute atomic E-state index is 9.59. The van der Waals surface area contributed by atoms with Gasteiger partial charge in [0.05, 0.1) is 18.5 Å². The molecule has 1 saturated carbocycles. The molecule has 0 bridgehead atoms. The lowest BCUT2D eigenvalue weighted by Crippen LogP contribution is -2.35. The Morgan fingerprint density at radius 1 is 1.29 bits per heavy atom. The fourth-order valence-electron chi connectivity index (χ4n) is 2.49. The van der Waals surface area contributed by atoms with Gasteiger partial charge in [0.1, 0.15) is 5.82 Å². The molecule has 2 rings (SSSR count). The number of rotatable bonds is 4. The summed E-state index contributed by atoms with van der Waals surface area (Å²) in [6.45, 7) is 1.08. The predicted octanol–water partition coefficient (Wildman–Crippen LogP) is 2.02. The Labute approximate surface area is 102 Å². The highest BCUT2D eigenvalue weighted by atomic mass is 16.3. The van der Waals surface area contributed by atoms with Gasteiger partial charge in [-0.15, -0.1) is 0 Å². The van der Waals surface area contributed by atoms with E-state index in [1.165, 1.54) is 19.3 Å². The van der Waals surface area contributed by atoms with Crippen molar-refractivity contribution in [2.75, 3.05) is 24.2 Å². The van der Waals surface area contributed by atoms with Crippen LogP contribution >= 0.6 is 0 Å². The third kappa shape index (κ3) is 3.09. The zero-order valence-electron chi connectivity index (χ0n) is 10.2. The van der Waals surface area contributed by atoms with E-state index in [0.717, 1.165) is 25.1 Å². The maximum atomic E-state index is 9.59. The van der Waals surface area contributed by atoms with Crippen molar-refractivity contribution in [2.24, 2.45) is 5.41 Å². The number of nitrogens with zero attached hydrogens (tertiary/aromatic N) is 1. The largest absolute Gasteiger partial charge is 0.396 e. The molecule has 0 aliphatic heterocycles. The predicted molar refractivity (Wildman–Crippen MR) is 69.7 cm³/mol. The average Bonchev–Trinajstić information content (AvgIpc) is 2.39. The minimum atomic E-state index is 0.0552. The summed E-state index contributed by atoms with van der Waals surface area (Å²) in [6.07, 6.45) is 7.71. The van der Waals surface area contributed by atoms with Gasteiger partial charge in [-0.2, -0.15) is 0 Å². The highest BCUT2D eigenvalue weighted by molar-refractivity contribution is 5.45. The summed E-state index contributed by atoms with van der Waals surface area (Å²) >= 11 is 0. The zero-order valence-corrected chi connectivity index (χ0v) is 10.2. The summed E-state index contributed by atoms with van der Waals surface area (Å²) in [4.78, 5) is 4.04. The van der Waals surface area contributed by atoms with Crippen molar-refractivity contribution in [2.45, 2.75) is 32.1 Å². The minimum Gasteiger partial charge on any atom is -0.396 e. The Hall–Kier alpha value is -1.29. The second kappa shape index (κ2) is 5.36. The van der Waals surface area contributed by atoms with E-state index in [9.17, 15) is 5.11 Å². The zero-order chi connectivity index (χ0) is 12.1. The Kier molecular flexibility index (Phi) is 3.84. The van der Waals surface area contributed by atoms with Crippen molar-refractivity contribution in [3.8, 4) is 0 Å². The van der Waals surface area contributed by atoms with Crippen LogP contribution in [0, 0.1) is 5.41 Å². The first-order valence-electron chi connectivity index (χ1n) is 6.30. The average molecular weight is 235 g/mol. The van der Waals surface area contributed by atoms with Gasteiger partial charge in [0.25, 0.3) is 0 Å². The van der Waals surface area contributed by atoms with Crippen molar-refractivity contribution in [1.82, 2.24) is 4.98 Å². The third-order valence-corrected chi connectivity index (χ3v) is 3.70. The molecule has 1 aromatic heterocycles. The third-order valence-electron chi connectivity index (χ3n) is 3.70. The SMILES string of the molecule is Nc1ccc(NCC2(CO)CCCCC2)cn1. The van der Waals surface area contributed by atoms with Crippen molar-refractivity contribution in [3.05, 3.63) is 18.3 Å². The molecule has 1 heterocycles. The van der Waals surface area contributed by atoms with Gasteiger partial charge < -0.3 is 16.2 Å². The minimum absolute atomic E-state index is 0.0552. The van der Waals surface area contributed by atoms with E-state index < -0.39 is 0 Å². The van der Waals surface area contributed by atoms with Crippen LogP contribution in [0.4, 0.5) is 11.5 Å². The number of aliphatic hydroxyl groups is 1. The lowest BCUT2D eigenvalue weighted by molar-refractivity contribution is 0.0944. The topological polar surface area (TPSA) is 71.2 Å². The van der Waals surface area contributed by atoms with Crippen LogP contribution in [0.3, 0.4) is 0 Å². The molecule has 94 valence electrons. The van der Waals surface area contributed by atoms with Gasteiger partial charge in [-0.25, -0.2) is 4.98 Å². The van der Waals surface area contributed by atoms with Gasteiger partial charge in [0.2, 0.25) is 0 Å². The first-order chi connectivity index (χ1) is 8.24. The number of hydrogen-bond donors (Lipinski definition) is 3. The van der Waals surface area contributed by atoms with E-state index >= 15 is 0 Å². The second-order valence-electron chi connectivity index (χ2n) is 5.04. The molecule has 0 unspecified atom stereocenters. The number of aliphatic hydroxyl groups excluding tert-OH is 1. The molecule has 4 heteroatoms. The standard InChI is InChI=1S/C13H21N3O/c14-12-5-4-11(8-15-12)16-9-13(10-17)6-2-1-3-7-13/h4-5,8,16-17H,1-3,6-7,9-10H2,(H2,14,15). The van der Waals surface area contributed by atoms with Crippen molar-refractivity contribution in [3.63, 3.8) is 0 Å². The lowest BCUT2D eigenvalue weighted by Gasteiger charge is -2.36. The lowest BCUT2D eigenvalue weighted by atomic mass is 9.74. The van der Waals surface area contributed by atoms with E-state index in [1.807, 2.05) is 6.07 Å². The molecule has 0 spiro atoms. The number of anilines is 2. The van der Waals surface area contributed by atoms with Gasteiger partial charge in [-0.3, -0.25) is 0 Å². The van der Waals surface area contributed by atoms with E-state index in [4.69, 9.17) is 5.73 Å². The summed E-state index contributed by atoms with van der Waals surface area (Å²) < 4.78 is 0. The highest BCUT2D eigenvalue weighted by Crippen LogP contribution is 2.35. The van der Waals surface area contributed by atoms with Crippen LogP contribution in [0.1, 0.15) is 32.1 Å². The number of nitrogens with two attached hydrogens (primary N) is 1. The molecule has 0 radical (unpaired) electrons. The van der Waals surface area contributed by atoms with Gasteiger partial charge in [-0.1, -0.05) is 19.3 Å². The maximum Gasteiger partial charge on any atom is 0.123 e. The number of pyridine rings is 1. The van der Waals surface area contributed by atoms with Gasteiger partial charge in [0.15, 0.2) is 0 Å². The van der Waals surface area contributed by atoms with Crippen LogP contribution in [0.25, 0.3) is 0 Å². The monoisotopic (exact) mass is 235 g/mol. The number of nitrogens with one attached hydrogen (secondary N) is 1. The summed E-state index contributed by atoms with van der Waals surface area (Å²) in [5.74, 6) is 0.532. The molecule has 0 atom stereocenters. The molecule has 4 N–H and O–H groups in total. The molecule has 17 heavy (non-hydrogen) atoms. The molecule has 0 aromatic carbocycles. The second-order valence-corrected chi connectivity index (χ2v) is 5.04. The summed E-state index contributed by atoms with van der Waals surface area (Å²) in [5, 5.41) is 12.9. The molecule has 1 aromatic rings.